The minimum atomic E-state index is -0.950. The van der Waals surface area contributed by atoms with Gasteiger partial charge in [-0.2, -0.15) is 5.10 Å². The first kappa shape index (κ1) is 22.3. The van der Waals surface area contributed by atoms with Gasteiger partial charge in [0.25, 0.3) is 0 Å². The van der Waals surface area contributed by atoms with E-state index < -0.39 is 11.8 Å². The number of pyridine rings is 2. The van der Waals surface area contributed by atoms with E-state index in [0.717, 1.165) is 16.8 Å². The van der Waals surface area contributed by atoms with Gasteiger partial charge in [0.2, 0.25) is 0 Å². The number of nitrogens with one attached hydrogen (secondary N) is 2. The van der Waals surface area contributed by atoms with Gasteiger partial charge >= 0.3 is 0 Å². The number of hydrogen-bond donors (Lipinski definition) is 3. The van der Waals surface area contributed by atoms with Crippen molar-refractivity contribution in [1.82, 2.24) is 29.5 Å². The van der Waals surface area contributed by atoms with E-state index in [0.29, 0.717) is 42.5 Å². The molecule has 2 unspecified atom stereocenters. The number of anilines is 1. The fourth-order valence-corrected chi connectivity index (χ4v) is 4.20. The topological polar surface area (TPSA) is 102 Å². The summed E-state index contributed by atoms with van der Waals surface area (Å²) in [6, 6.07) is 7.20. The van der Waals surface area contributed by atoms with Crippen LogP contribution in [0.25, 0.3) is 28.2 Å². The summed E-state index contributed by atoms with van der Waals surface area (Å²) >= 11 is 0. The van der Waals surface area contributed by atoms with Crippen LogP contribution in [0.4, 0.5) is 10.2 Å². The first-order valence-electron chi connectivity index (χ1n) is 11.2. The molecule has 0 bridgehead atoms. The van der Waals surface area contributed by atoms with Gasteiger partial charge in [-0.1, -0.05) is 6.07 Å². The Bertz CT molecular complexity index is 1310. The SMILES string of the molecule is COc1cc2ncc(-c3cccc(NC4CNCC4F)n3)n2cc1-c1cnn(CC(C)(C)O)c1. The van der Waals surface area contributed by atoms with Gasteiger partial charge in [0.15, 0.2) is 0 Å². The second-order valence-electron chi connectivity index (χ2n) is 9.20. The zero-order chi connectivity index (χ0) is 23.9. The summed E-state index contributed by atoms with van der Waals surface area (Å²) in [5.74, 6) is 1.28. The molecule has 34 heavy (non-hydrogen) atoms. The Kier molecular flexibility index (Phi) is 5.70. The van der Waals surface area contributed by atoms with Gasteiger partial charge in [0.1, 0.15) is 23.4 Å². The highest BCUT2D eigenvalue weighted by Gasteiger charge is 2.26. The van der Waals surface area contributed by atoms with Crippen LogP contribution in [0, 0.1) is 0 Å². The molecule has 0 radical (unpaired) electrons. The number of nitrogens with zero attached hydrogens (tertiary/aromatic N) is 5. The number of aromatic nitrogens is 5. The number of ether oxygens (including phenoxy) is 1. The lowest BCUT2D eigenvalue weighted by atomic mass is 10.1. The van der Waals surface area contributed by atoms with Gasteiger partial charge in [-0.15, -0.1) is 0 Å². The van der Waals surface area contributed by atoms with Crippen LogP contribution in [-0.2, 0) is 6.54 Å². The summed E-state index contributed by atoms with van der Waals surface area (Å²) in [5.41, 5.74) is 3.04. The van der Waals surface area contributed by atoms with E-state index in [2.05, 4.69) is 20.7 Å². The molecule has 9 nitrogen and oxygen atoms in total. The van der Waals surface area contributed by atoms with Crippen LogP contribution in [0.1, 0.15) is 13.8 Å². The van der Waals surface area contributed by atoms with Crippen molar-refractivity contribution in [2.24, 2.45) is 0 Å². The normalized spacial score (nSPS) is 18.5. The van der Waals surface area contributed by atoms with Crippen LogP contribution in [0.3, 0.4) is 0 Å². The largest absolute Gasteiger partial charge is 0.496 e. The van der Waals surface area contributed by atoms with Gasteiger partial charge < -0.3 is 20.5 Å². The Morgan fingerprint density at radius 1 is 1.26 bits per heavy atom. The molecule has 0 aromatic carbocycles. The molecule has 2 atom stereocenters. The number of aliphatic hydroxyl groups is 1. The Morgan fingerprint density at radius 2 is 2.12 bits per heavy atom. The van der Waals surface area contributed by atoms with Crippen molar-refractivity contribution in [3.8, 4) is 28.3 Å². The van der Waals surface area contributed by atoms with E-state index in [1.54, 1.807) is 38.0 Å². The molecule has 4 aromatic heterocycles. The molecule has 5 heterocycles. The van der Waals surface area contributed by atoms with Crippen molar-refractivity contribution >= 4 is 11.5 Å². The molecule has 178 valence electrons. The molecular formula is C24H28FN7O2. The number of hydrogen-bond acceptors (Lipinski definition) is 7. The van der Waals surface area contributed by atoms with Crippen molar-refractivity contribution in [2.75, 3.05) is 25.5 Å². The number of methoxy groups -OCH3 is 1. The van der Waals surface area contributed by atoms with Crippen LogP contribution in [0.5, 0.6) is 5.75 Å². The predicted octanol–water partition coefficient (Wildman–Crippen LogP) is 2.76. The standard InChI is InChI=1S/C24H28FN7O2/c1-24(2,33)14-31-12-15(8-28-31)16-13-32-20(11-27-23(32)7-21(16)34-3)18-5-4-6-22(29-18)30-19-10-26-9-17(19)25/h4-8,11-13,17,19,26,33H,9-10,14H2,1-3H3,(H,29,30). The zero-order valence-corrected chi connectivity index (χ0v) is 19.4. The summed E-state index contributed by atoms with van der Waals surface area (Å²) in [7, 11) is 1.62. The number of rotatable bonds is 7. The maximum atomic E-state index is 14.0. The number of halogens is 1. The van der Waals surface area contributed by atoms with Crippen molar-refractivity contribution < 1.29 is 14.2 Å². The lowest BCUT2D eigenvalue weighted by Crippen LogP contribution is -2.29. The molecule has 1 aliphatic rings. The summed E-state index contributed by atoms with van der Waals surface area (Å²) in [4.78, 5) is 9.25. The zero-order valence-electron chi connectivity index (χ0n) is 19.4. The first-order valence-corrected chi connectivity index (χ1v) is 11.2. The maximum Gasteiger partial charge on any atom is 0.140 e. The molecule has 5 rings (SSSR count). The smallest absolute Gasteiger partial charge is 0.140 e. The molecule has 0 aliphatic carbocycles. The first-order chi connectivity index (χ1) is 16.3. The van der Waals surface area contributed by atoms with Crippen molar-refractivity contribution in [1.29, 1.82) is 0 Å². The van der Waals surface area contributed by atoms with Crippen molar-refractivity contribution in [3.63, 3.8) is 0 Å². The number of fused-ring (bicyclic) bond motifs is 1. The van der Waals surface area contributed by atoms with Crippen LogP contribution in [0.2, 0.25) is 0 Å². The monoisotopic (exact) mass is 465 g/mol. The van der Waals surface area contributed by atoms with Crippen molar-refractivity contribution in [3.05, 3.63) is 49.1 Å². The van der Waals surface area contributed by atoms with Gasteiger partial charge in [0.05, 0.1) is 49.1 Å². The Labute approximate surface area is 196 Å². The fourth-order valence-electron chi connectivity index (χ4n) is 4.20. The van der Waals surface area contributed by atoms with E-state index in [4.69, 9.17) is 9.72 Å². The van der Waals surface area contributed by atoms with Gasteiger partial charge in [-0.3, -0.25) is 9.08 Å². The Balaban J connectivity index is 1.51. The van der Waals surface area contributed by atoms with Gasteiger partial charge in [0, 0.05) is 42.7 Å². The predicted molar refractivity (Wildman–Crippen MR) is 128 cm³/mol. The van der Waals surface area contributed by atoms with Crippen molar-refractivity contribution in [2.45, 2.75) is 38.2 Å². The Hall–Kier alpha value is -3.50. The second kappa shape index (κ2) is 8.69. The molecule has 1 fully saturated rings. The highest BCUT2D eigenvalue weighted by atomic mass is 19.1. The van der Waals surface area contributed by atoms with E-state index in [9.17, 15) is 9.50 Å². The summed E-state index contributed by atoms with van der Waals surface area (Å²) in [6.07, 6.45) is 6.38. The maximum absolute atomic E-state index is 14.0. The fraction of sp³-hybridized carbons (Fsp3) is 0.375. The van der Waals surface area contributed by atoms with Gasteiger partial charge in [-0.05, 0) is 26.0 Å². The lowest BCUT2D eigenvalue weighted by Gasteiger charge is -2.16. The third kappa shape index (κ3) is 4.46. The second-order valence-corrected chi connectivity index (χ2v) is 9.20. The van der Waals surface area contributed by atoms with Gasteiger partial charge in [-0.25, -0.2) is 14.4 Å². The number of alkyl halides is 1. The molecule has 3 N–H and O–H groups in total. The summed E-state index contributed by atoms with van der Waals surface area (Å²) < 4.78 is 23.3. The van der Waals surface area contributed by atoms with E-state index in [1.165, 1.54) is 0 Å². The molecule has 10 heteroatoms. The Morgan fingerprint density at radius 3 is 2.85 bits per heavy atom. The third-order valence-electron chi connectivity index (χ3n) is 5.81. The highest BCUT2D eigenvalue weighted by Crippen LogP contribution is 2.33. The van der Waals surface area contributed by atoms with E-state index in [1.807, 2.05) is 41.1 Å². The van der Waals surface area contributed by atoms with Crippen LogP contribution in [-0.4, -0.2) is 67.3 Å². The average Bonchev–Trinajstić information content (AvgIpc) is 3.52. The quantitative estimate of drug-likeness (QED) is 0.386. The minimum Gasteiger partial charge on any atom is -0.496 e. The number of imidazole rings is 1. The highest BCUT2D eigenvalue weighted by molar-refractivity contribution is 5.73. The molecule has 0 amide bonds. The minimum absolute atomic E-state index is 0.304. The third-order valence-corrected chi connectivity index (χ3v) is 5.81. The average molecular weight is 466 g/mol. The lowest BCUT2D eigenvalue weighted by molar-refractivity contribution is 0.0577. The molecular weight excluding hydrogens is 437 g/mol. The van der Waals surface area contributed by atoms with E-state index >= 15 is 0 Å². The molecule has 0 spiro atoms. The van der Waals surface area contributed by atoms with E-state index in [-0.39, 0.29) is 6.04 Å². The molecule has 1 saturated heterocycles. The molecule has 4 aromatic rings. The van der Waals surface area contributed by atoms with Crippen LogP contribution in [0.15, 0.2) is 49.1 Å². The van der Waals surface area contributed by atoms with Crippen LogP contribution >= 0.6 is 0 Å². The van der Waals surface area contributed by atoms with Crippen LogP contribution < -0.4 is 15.4 Å². The molecule has 1 aliphatic heterocycles. The molecule has 0 saturated carbocycles. The summed E-state index contributed by atoms with van der Waals surface area (Å²) in [5, 5.41) is 20.7. The summed E-state index contributed by atoms with van der Waals surface area (Å²) in [6.45, 7) is 4.76.